The zero-order valence-corrected chi connectivity index (χ0v) is 14.0. The number of carbonyl (C=O) groups excluding carboxylic acids is 1. The van der Waals surface area contributed by atoms with Crippen LogP contribution < -0.4 is 5.32 Å². The molecule has 2 heterocycles. The van der Waals surface area contributed by atoms with Gasteiger partial charge in [-0.15, -0.1) is 0 Å². The first kappa shape index (κ1) is 15.6. The lowest BCUT2D eigenvalue weighted by Crippen LogP contribution is -2.16. The van der Waals surface area contributed by atoms with Crippen LogP contribution in [0.25, 0.3) is 0 Å². The number of hydrogen-bond acceptors (Lipinski definition) is 4. The van der Waals surface area contributed by atoms with E-state index >= 15 is 0 Å². The molecule has 0 aliphatic heterocycles. The van der Waals surface area contributed by atoms with Gasteiger partial charge in [-0.05, 0) is 26.2 Å². The molecule has 1 aliphatic carbocycles. The maximum Gasteiger partial charge on any atom is 0.260 e. The lowest BCUT2D eigenvalue weighted by Gasteiger charge is -2.10. The van der Waals surface area contributed by atoms with Crippen molar-refractivity contribution in [2.45, 2.75) is 51.9 Å². The zero-order chi connectivity index (χ0) is 16.4. The van der Waals surface area contributed by atoms with Crippen molar-refractivity contribution in [1.82, 2.24) is 19.7 Å². The van der Waals surface area contributed by atoms with Crippen LogP contribution in [0.15, 0.2) is 12.3 Å². The second kappa shape index (κ2) is 6.48. The van der Waals surface area contributed by atoms with Gasteiger partial charge in [0, 0.05) is 30.9 Å². The van der Waals surface area contributed by atoms with Crippen molar-refractivity contribution in [2.75, 3.05) is 5.32 Å². The topological polar surface area (TPSA) is 72.7 Å². The molecular weight excluding hydrogens is 290 g/mol. The SMILES string of the molecule is CCc1cc(NC(=O)c2cn(C)nc2C2CCCC2)nc(C)n1. The molecule has 0 radical (unpaired) electrons. The quantitative estimate of drug-likeness (QED) is 0.942. The van der Waals surface area contributed by atoms with Gasteiger partial charge in [0.1, 0.15) is 11.6 Å². The molecule has 1 aliphatic rings. The highest BCUT2D eigenvalue weighted by molar-refractivity contribution is 6.04. The molecule has 2 aromatic rings. The summed E-state index contributed by atoms with van der Waals surface area (Å²) in [6, 6.07) is 1.83. The zero-order valence-electron chi connectivity index (χ0n) is 14.0. The molecule has 0 unspecified atom stereocenters. The number of aryl methyl sites for hydroxylation is 3. The fraction of sp³-hybridized carbons (Fsp3) is 0.529. The first-order valence-electron chi connectivity index (χ1n) is 8.26. The molecule has 0 bridgehead atoms. The Hall–Kier alpha value is -2.24. The molecule has 6 heteroatoms. The predicted molar refractivity (Wildman–Crippen MR) is 88.5 cm³/mol. The molecule has 0 spiro atoms. The number of aromatic nitrogens is 4. The van der Waals surface area contributed by atoms with E-state index in [0.29, 0.717) is 23.1 Å². The highest BCUT2D eigenvalue weighted by atomic mass is 16.1. The van der Waals surface area contributed by atoms with Gasteiger partial charge in [0.15, 0.2) is 0 Å². The van der Waals surface area contributed by atoms with E-state index in [0.717, 1.165) is 30.7 Å². The third-order valence-corrected chi connectivity index (χ3v) is 4.34. The highest BCUT2D eigenvalue weighted by Gasteiger charge is 2.26. The van der Waals surface area contributed by atoms with Crippen LogP contribution in [0.5, 0.6) is 0 Å². The molecule has 1 saturated carbocycles. The van der Waals surface area contributed by atoms with Gasteiger partial charge in [0.05, 0.1) is 11.3 Å². The molecule has 0 aromatic carbocycles. The summed E-state index contributed by atoms with van der Waals surface area (Å²) in [5, 5.41) is 7.44. The first-order chi connectivity index (χ1) is 11.1. The van der Waals surface area contributed by atoms with Gasteiger partial charge in [-0.2, -0.15) is 5.10 Å². The average molecular weight is 313 g/mol. The summed E-state index contributed by atoms with van der Waals surface area (Å²) in [5.74, 6) is 1.48. The van der Waals surface area contributed by atoms with Gasteiger partial charge >= 0.3 is 0 Å². The van der Waals surface area contributed by atoms with E-state index in [1.165, 1.54) is 12.8 Å². The Labute approximate surface area is 136 Å². The van der Waals surface area contributed by atoms with Gasteiger partial charge in [-0.25, -0.2) is 9.97 Å². The maximum absolute atomic E-state index is 12.7. The van der Waals surface area contributed by atoms with Gasteiger partial charge in [0.25, 0.3) is 5.91 Å². The number of nitrogens with zero attached hydrogens (tertiary/aromatic N) is 4. The van der Waals surface area contributed by atoms with E-state index in [1.54, 1.807) is 10.9 Å². The van der Waals surface area contributed by atoms with Crippen molar-refractivity contribution in [1.29, 1.82) is 0 Å². The lowest BCUT2D eigenvalue weighted by molar-refractivity contribution is 0.102. The molecule has 122 valence electrons. The molecule has 3 rings (SSSR count). The minimum Gasteiger partial charge on any atom is -0.306 e. The van der Waals surface area contributed by atoms with E-state index in [2.05, 4.69) is 20.4 Å². The van der Waals surface area contributed by atoms with Crippen molar-refractivity contribution in [3.63, 3.8) is 0 Å². The normalized spacial score (nSPS) is 15.1. The summed E-state index contributed by atoms with van der Waals surface area (Å²) in [6.45, 7) is 3.87. The van der Waals surface area contributed by atoms with Crippen LogP contribution in [0, 0.1) is 6.92 Å². The Morgan fingerprint density at radius 2 is 2.09 bits per heavy atom. The van der Waals surface area contributed by atoms with Gasteiger partial charge in [-0.1, -0.05) is 19.8 Å². The van der Waals surface area contributed by atoms with E-state index in [1.807, 2.05) is 27.0 Å². The van der Waals surface area contributed by atoms with Crippen molar-refractivity contribution in [2.24, 2.45) is 7.05 Å². The first-order valence-corrected chi connectivity index (χ1v) is 8.26. The van der Waals surface area contributed by atoms with Crippen LogP contribution in [0.3, 0.4) is 0 Å². The Morgan fingerprint density at radius 3 is 2.78 bits per heavy atom. The molecule has 6 nitrogen and oxygen atoms in total. The Kier molecular flexibility index (Phi) is 4.41. The van der Waals surface area contributed by atoms with Crippen LogP contribution in [-0.4, -0.2) is 25.7 Å². The standard InChI is InChI=1S/C17H23N5O/c1-4-13-9-15(19-11(2)18-13)20-17(23)14-10-22(3)21-16(14)12-7-5-6-8-12/h9-10,12H,4-8H2,1-3H3,(H,18,19,20,23). The van der Waals surface area contributed by atoms with Gasteiger partial charge in [0.2, 0.25) is 0 Å². The second-order valence-electron chi connectivity index (χ2n) is 6.18. The molecule has 23 heavy (non-hydrogen) atoms. The summed E-state index contributed by atoms with van der Waals surface area (Å²) in [4.78, 5) is 21.3. The summed E-state index contributed by atoms with van der Waals surface area (Å²) in [6.07, 6.45) is 7.28. The molecule has 0 saturated heterocycles. The van der Waals surface area contributed by atoms with Crippen LogP contribution in [0.2, 0.25) is 0 Å². The Balaban J connectivity index is 1.85. The number of amides is 1. The van der Waals surface area contributed by atoms with Gasteiger partial charge < -0.3 is 5.32 Å². The maximum atomic E-state index is 12.7. The van der Waals surface area contributed by atoms with E-state index in [4.69, 9.17) is 0 Å². The number of nitrogens with one attached hydrogen (secondary N) is 1. The second-order valence-corrected chi connectivity index (χ2v) is 6.18. The Bertz CT molecular complexity index is 716. The monoisotopic (exact) mass is 313 g/mol. The highest BCUT2D eigenvalue weighted by Crippen LogP contribution is 2.35. The van der Waals surface area contributed by atoms with Crippen molar-refractivity contribution in [3.05, 3.63) is 35.0 Å². The van der Waals surface area contributed by atoms with E-state index in [9.17, 15) is 4.79 Å². The summed E-state index contributed by atoms with van der Waals surface area (Å²) in [7, 11) is 1.86. The van der Waals surface area contributed by atoms with Crippen LogP contribution in [0.4, 0.5) is 5.82 Å². The number of anilines is 1. The number of carbonyl (C=O) groups is 1. The molecule has 1 N–H and O–H groups in total. The minimum atomic E-state index is -0.139. The third kappa shape index (κ3) is 3.41. The minimum absolute atomic E-state index is 0.139. The smallest absolute Gasteiger partial charge is 0.260 e. The number of rotatable bonds is 4. The third-order valence-electron chi connectivity index (χ3n) is 4.34. The average Bonchev–Trinajstić information content (AvgIpc) is 3.15. The molecule has 2 aromatic heterocycles. The van der Waals surface area contributed by atoms with Gasteiger partial charge in [-0.3, -0.25) is 9.48 Å². The predicted octanol–water partition coefficient (Wildman–Crippen LogP) is 2.99. The van der Waals surface area contributed by atoms with Crippen molar-refractivity contribution < 1.29 is 4.79 Å². The summed E-state index contributed by atoms with van der Waals surface area (Å²) < 4.78 is 1.73. The fourth-order valence-corrected chi connectivity index (χ4v) is 3.24. The van der Waals surface area contributed by atoms with Crippen molar-refractivity contribution in [3.8, 4) is 0 Å². The molecule has 0 atom stereocenters. The van der Waals surface area contributed by atoms with Crippen LogP contribution in [-0.2, 0) is 13.5 Å². The van der Waals surface area contributed by atoms with Crippen molar-refractivity contribution >= 4 is 11.7 Å². The van der Waals surface area contributed by atoms with E-state index in [-0.39, 0.29) is 5.91 Å². The molecule has 1 fully saturated rings. The fourth-order valence-electron chi connectivity index (χ4n) is 3.24. The summed E-state index contributed by atoms with van der Waals surface area (Å²) >= 11 is 0. The van der Waals surface area contributed by atoms with Crippen LogP contribution in [0.1, 0.15) is 66.1 Å². The Morgan fingerprint density at radius 1 is 1.35 bits per heavy atom. The molecule has 1 amide bonds. The summed E-state index contributed by atoms with van der Waals surface area (Å²) in [5.41, 5.74) is 2.51. The van der Waals surface area contributed by atoms with Crippen LogP contribution >= 0.6 is 0 Å². The van der Waals surface area contributed by atoms with E-state index < -0.39 is 0 Å². The largest absolute Gasteiger partial charge is 0.306 e. The molecular formula is C17H23N5O. The number of hydrogen-bond donors (Lipinski definition) is 1. The lowest BCUT2D eigenvalue weighted by atomic mass is 10.0.